The Balaban J connectivity index is 1.34. The van der Waals surface area contributed by atoms with Crippen molar-refractivity contribution >= 4 is 38.6 Å². The standard InChI is InChI=1S/C47H35N/c1-47(2)43-28-24-37(33-15-7-4-8-16-33)30-42(43)45-44(31-38-19-11-12-20-41(38)46(45)47)48(40-27-23-34-17-9-10-18-36(34)29-40)39-25-21-35(22-26-39)32-13-5-3-6-14-32/h3-31H,1-2H3. The zero-order chi connectivity index (χ0) is 32.2. The Labute approximate surface area is 282 Å². The molecule has 0 radical (unpaired) electrons. The average molecular weight is 614 g/mol. The normalized spacial score (nSPS) is 13.0. The molecule has 1 nitrogen and oxygen atoms in total. The van der Waals surface area contributed by atoms with Gasteiger partial charge in [0, 0.05) is 22.4 Å². The topological polar surface area (TPSA) is 3.24 Å². The van der Waals surface area contributed by atoms with Gasteiger partial charge in [-0.3, -0.25) is 0 Å². The van der Waals surface area contributed by atoms with Crippen molar-refractivity contribution in [1.82, 2.24) is 0 Å². The van der Waals surface area contributed by atoms with Crippen LogP contribution in [0.3, 0.4) is 0 Å². The van der Waals surface area contributed by atoms with Crippen molar-refractivity contribution < 1.29 is 0 Å². The molecule has 9 rings (SSSR count). The van der Waals surface area contributed by atoms with Gasteiger partial charge in [-0.25, -0.2) is 0 Å². The van der Waals surface area contributed by atoms with E-state index in [0.29, 0.717) is 0 Å². The molecule has 228 valence electrons. The molecule has 1 aliphatic carbocycles. The van der Waals surface area contributed by atoms with E-state index >= 15 is 0 Å². The first-order valence-electron chi connectivity index (χ1n) is 16.8. The van der Waals surface area contributed by atoms with Crippen LogP contribution in [0.25, 0.3) is 54.9 Å². The first-order valence-corrected chi connectivity index (χ1v) is 16.8. The van der Waals surface area contributed by atoms with Gasteiger partial charge < -0.3 is 4.90 Å². The molecule has 0 aromatic heterocycles. The minimum atomic E-state index is -0.179. The second-order valence-electron chi connectivity index (χ2n) is 13.4. The highest BCUT2D eigenvalue weighted by Crippen LogP contribution is 2.57. The van der Waals surface area contributed by atoms with Crippen LogP contribution in [-0.4, -0.2) is 0 Å². The summed E-state index contributed by atoms with van der Waals surface area (Å²) in [6, 6.07) is 64.4. The van der Waals surface area contributed by atoms with Crippen LogP contribution in [0.2, 0.25) is 0 Å². The smallest absolute Gasteiger partial charge is 0.0549 e. The van der Waals surface area contributed by atoms with E-state index in [1.54, 1.807) is 0 Å². The molecule has 8 aromatic carbocycles. The highest BCUT2D eigenvalue weighted by atomic mass is 15.1. The molecule has 0 unspecified atom stereocenters. The monoisotopic (exact) mass is 613 g/mol. The van der Waals surface area contributed by atoms with Crippen molar-refractivity contribution in [1.29, 1.82) is 0 Å². The lowest BCUT2D eigenvalue weighted by Gasteiger charge is -2.30. The van der Waals surface area contributed by atoms with Gasteiger partial charge in [0.25, 0.3) is 0 Å². The van der Waals surface area contributed by atoms with Crippen LogP contribution >= 0.6 is 0 Å². The van der Waals surface area contributed by atoms with E-state index in [-0.39, 0.29) is 5.41 Å². The maximum Gasteiger partial charge on any atom is 0.0549 e. The van der Waals surface area contributed by atoms with Crippen molar-refractivity contribution in [2.45, 2.75) is 19.3 Å². The zero-order valence-corrected chi connectivity index (χ0v) is 27.2. The first-order chi connectivity index (χ1) is 23.6. The van der Waals surface area contributed by atoms with Crippen molar-refractivity contribution in [3.05, 3.63) is 187 Å². The van der Waals surface area contributed by atoms with E-state index in [1.807, 2.05) is 0 Å². The van der Waals surface area contributed by atoms with Crippen LogP contribution in [-0.2, 0) is 5.41 Å². The molecule has 0 aliphatic heterocycles. The molecule has 0 bridgehead atoms. The fourth-order valence-electron chi connectivity index (χ4n) is 7.85. The number of fused-ring (bicyclic) bond motifs is 6. The number of benzene rings is 8. The van der Waals surface area contributed by atoms with Crippen LogP contribution in [0.1, 0.15) is 25.0 Å². The Morgan fingerprint density at radius 3 is 1.71 bits per heavy atom. The molecular formula is C47H35N. The quantitative estimate of drug-likeness (QED) is 0.187. The molecule has 0 fully saturated rings. The Bertz CT molecular complexity index is 2460. The number of nitrogens with zero attached hydrogens (tertiary/aromatic N) is 1. The van der Waals surface area contributed by atoms with Crippen molar-refractivity contribution in [2.75, 3.05) is 4.90 Å². The lowest BCUT2D eigenvalue weighted by molar-refractivity contribution is 0.666. The number of hydrogen-bond donors (Lipinski definition) is 0. The molecule has 1 aliphatic rings. The maximum atomic E-state index is 2.48. The number of rotatable bonds is 5. The zero-order valence-electron chi connectivity index (χ0n) is 27.2. The lowest BCUT2D eigenvalue weighted by Crippen LogP contribution is -2.17. The van der Waals surface area contributed by atoms with E-state index in [0.717, 1.165) is 11.4 Å². The van der Waals surface area contributed by atoms with Crippen LogP contribution in [0, 0.1) is 0 Å². The summed E-state index contributed by atoms with van der Waals surface area (Å²) in [5.74, 6) is 0. The second-order valence-corrected chi connectivity index (χ2v) is 13.4. The number of anilines is 3. The minimum absolute atomic E-state index is 0.179. The number of hydrogen-bond acceptors (Lipinski definition) is 1. The molecule has 8 aromatic rings. The molecule has 0 heterocycles. The van der Waals surface area contributed by atoms with Gasteiger partial charge in [-0.1, -0.05) is 153 Å². The molecule has 0 saturated heterocycles. The molecule has 0 saturated carbocycles. The lowest BCUT2D eigenvalue weighted by atomic mass is 9.80. The predicted molar refractivity (Wildman–Crippen MR) is 205 cm³/mol. The van der Waals surface area contributed by atoms with Gasteiger partial charge in [-0.15, -0.1) is 0 Å². The summed E-state index contributed by atoms with van der Waals surface area (Å²) >= 11 is 0. The summed E-state index contributed by atoms with van der Waals surface area (Å²) in [5, 5.41) is 5.03. The Morgan fingerprint density at radius 2 is 0.979 bits per heavy atom. The molecular weight excluding hydrogens is 579 g/mol. The highest BCUT2D eigenvalue weighted by Gasteiger charge is 2.40. The third-order valence-corrected chi connectivity index (χ3v) is 10.2. The average Bonchev–Trinajstić information content (AvgIpc) is 3.39. The van der Waals surface area contributed by atoms with Crippen LogP contribution in [0.4, 0.5) is 17.1 Å². The fourth-order valence-corrected chi connectivity index (χ4v) is 7.85. The van der Waals surface area contributed by atoms with Crippen LogP contribution in [0.5, 0.6) is 0 Å². The molecule has 0 N–H and O–H groups in total. The summed E-state index contributed by atoms with van der Waals surface area (Å²) in [5.41, 5.74) is 13.6. The molecule has 0 atom stereocenters. The van der Waals surface area contributed by atoms with E-state index in [4.69, 9.17) is 0 Å². The van der Waals surface area contributed by atoms with Crippen LogP contribution < -0.4 is 4.90 Å². The molecule has 0 amide bonds. The Morgan fingerprint density at radius 1 is 0.417 bits per heavy atom. The van der Waals surface area contributed by atoms with E-state index < -0.39 is 0 Å². The molecule has 0 spiro atoms. The predicted octanol–water partition coefficient (Wildman–Crippen LogP) is 13.1. The van der Waals surface area contributed by atoms with Gasteiger partial charge in [0.1, 0.15) is 0 Å². The van der Waals surface area contributed by atoms with Gasteiger partial charge >= 0.3 is 0 Å². The SMILES string of the molecule is CC1(C)c2ccc(-c3ccccc3)cc2-c2c(N(c3ccc(-c4ccccc4)cc3)c3ccc4ccccc4c3)cc3ccccc3c21. The van der Waals surface area contributed by atoms with Crippen molar-refractivity contribution in [3.63, 3.8) is 0 Å². The van der Waals surface area contributed by atoms with Gasteiger partial charge in [0.15, 0.2) is 0 Å². The summed E-state index contributed by atoms with van der Waals surface area (Å²) in [6.07, 6.45) is 0. The summed E-state index contributed by atoms with van der Waals surface area (Å²) in [4.78, 5) is 2.48. The first kappa shape index (κ1) is 28.3. The summed E-state index contributed by atoms with van der Waals surface area (Å²) < 4.78 is 0. The summed E-state index contributed by atoms with van der Waals surface area (Å²) in [7, 11) is 0. The van der Waals surface area contributed by atoms with Crippen molar-refractivity contribution in [2.24, 2.45) is 0 Å². The van der Waals surface area contributed by atoms with Gasteiger partial charge in [0.2, 0.25) is 0 Å². The van der Waals surface area contributed by atoms with Gasteiger partial charge in [-0.05, 0) is 96.9 Å². The second kappa shape index (κ2) is 11.1. The van der Waals surface area contributed by atoms with Crippen molar-refractivity contribution in [3.8, 4) is 33.4 Å². The largest absolute Gasteiger partial charge is 0.310 e. The summed E-state index contributed by atoms with van der Waals surface area (Å²) in [6.45, 7) is 4.79. The van der Waals surface area contributed by atoms with Crippen LogP contribution in [0.15, 0.2) is 176 Å². The Hall–Kier alpha value is -5.92. The van der Waals surface area contributed by atoms with E-state index in [2.05, 4.69) is 195 Å². The van der Waals surface area contributed by atoms with E-state index in [9.17, 15) is 0 Å². The molecule has 48 heavy (non-hydrogen) atoms. The van der Waals surface area contributed by atoms with Gasteiger partial charge in [0.05, 0.1) is 5.69 Å². The third-order valence-electron chi connectivity index (χ3n) is 10.2. The minimum Gasteiger partial charge on any atom is -0.310 e. The third kappa shape index (κ3) is 4.54. The molecule has 1 heteroatoms. The maximum absolute atomic E-state index is 2.48. The van der Waals surface area contributed by atoms with Gasteiger partial charge in [-0.2, -0.15) is 0 Å². The highest BCUT2D eigenvalue weighted by molar-refractivity contribution is 6.07. The van der Waals surface area contributed by atoms with E-state index in [1.165, 1.54) is 71.7 Å². The fraction of sp³-hybridized carbons (Fsp3) is 0.0638. The Kier molecular flexibility index (Phi) is 6.55.